The number of anilines is 1. The number of benzene rings is 1. The number of carbonyl (C=O) groups excluding carboxylic acids is 1. The first-order valence-electron chi connectivity index (χ1n) is 6.55. The predicted octanol–water partition coefficient (Wildman–Crippen LogP) is 1.93. The third kappa shape index (κ3) is 2.74. The fourth-order valence-electron chi connectivity index (χ4n) is 2.51. The Morgan fingerprint density at radius 1 is 1.25 bits per heavy atom. The van der Waals surface area contributed by atoms with Crippen LogP contribution in [0.2, 0.25) is 0 Å². The Hall–Kier alpha value is -2.11. The van der Waals surface area contributed by atoms with Gasteiger partial charge in [0.2, 0.25) is 0 Å². The van der Waals surface area contributed by atoms with Crippen LogP contribution in [0.4, 0.5) is 10.1 Å². The third-order valence-electron chi connectivity index (χ3n) is 3.73. The number of hydrogen-bond donors (Lipinski definition) is 3. The standard InChI is InChI=1S/C14H17FN2O3/c15-10-8-9(4-5-11(10)16)12(18)17-14(13(19)20)6-2-1-3-7-14/h4-5,8H,1-3,6-7,16H2,(H,17,18)(H,19,20). The maximum atomic E-state index is 13.4. The van der Waals surface area contributed by atoms with Gasteiger partial charge in [0, 0.05) is 5.56 Å². The second-order valence-corrected chi connectivity index (χ2v) is 5.14. The Kier molecular flexibility index (Phi) is 3.92. The van der Waals surface area contributed by atoms with E-state index < -0.39 is 23.2 Å². The third-order valence-corrected chi connectivity index (χ3v) is 3.73. The van der Waals surface area contributed by atoms with Crippen LogP contribution >= 0.6 is 0 Å². The average Bonchev–Trinajstić information content (AvgIpc) is 2.42. The maximum Gasteiger partial charge on any atom is 0.329 e. The zero-order valence-corrected chi connectivity index (χ0v) is 11.0. The summed E-state index contributed by atoms with van der Waals surface area (Å²) in [6.45, 7) is 0. The molecule has 1 amide bonds. The molecule has 1 fully saturated rings. The van der Waals surface area contributed by atoms with Crippen LogP contribution in [-0.2, 0) is 4.79 Å². The van der Waals surface area contributed by atoms with Crippen molar-refractivity contribution in [2.45, 2.75) is 37.6 Å². The number of nitrogens with one attached hydrogen (secondary N) is 1. The van der Waals surface area contributed by atoms with Crippen molar-refractivity contribution < 1.29 is 19.1 Å². The van der Waals surface area contributed by atoms with Gasteiger partial charge >= 0.3 is 5.97 Å². The molecule has 1 saturated carbocycles. The van der Waals surface area contributed by atoms with Gasteiger partial charge in [-0.25, -0.2) is 9.18 Å². The van der Waals surface area contributed by atoms with Crippen molar-refractivity contribution in [2.75, 3.05) is 5.73 Å². The number of aliphatic carboxylic acids is 1. The van der Waals surface area contributed by atoms with E-state index in [4.69, 9.17) is 5.73 Å². The van der Waals surface area contributed by atoms with Crippen molar-refractivity contribution in [3.8, 4) is 0 Å². The Morgan fingerprint density at radius 3 is 2.45 bits per heavy atom. The summed E-state index contributed by atoms with van der Waals surface area (Å²) in [7, 11) is 0. The molecule has 1 aromatic carbocycles. The normalized spacial score (nSPS) is 17.4. The molecule has 108 valence electrons. The zero-order valence-electron chi connectivity index (χ0n) is 11.0. The lowest BCUT2D eigenvalue weighted by Gasteiger charge is -2.34. The molecule has 5 nitrogen and oxygen atoms in total. The van der Waals surface area contributed by atoms with Gasteiger partial charge in [-0.15, -0.1) is 0 Å². The molecule has 0 aliphatic heterocycles. The Morgan fingerprint density at radius 2 is 1.90 bits per heavy atom. The van der Waals surface area contributed by atoms with Crippen LogP contribution in [0.25, 0.3) is 0 Å². The Bertz CT molecular complexity index is 539. The van der Waals surface area contributed by atoms with Crippen LogP contribution in [-0.4, -0.2) is 22.5 Å². The molecule has 0 spiro atoms. The lowest BCUT2D eigenvalue weighted by atomic mass is 9.81. The van der Waals surface area contributed by atoms with Crippen molar-refractivity contribution in [3.05, 3.63) is 29.6 Å². The van der Waals surface area contributed by atoms with E-state index in [-0.39, 0.29) is 11.3 Å². The first-order valence-corrected chi connectivity index (χ1v) is 6.55. The highest BCUT2D eigenvalue weighted by Gasteiger charge is 2.41. The van der Waals surface area contributed by atoms with E-state index in [0.717, 1.165) is 25.3 Å². The summed E-state index contributed by atoms with van der Waals surface area (Å²) in [5.74, 6) is -2.32. The van der Waals surface area contributed by atoms with E-state index in [2.05, 4.69) is 5.32 Å². The fraction of sp³-hybridized carbons (Fsp3) is 0.429. The topological polar surface area (TPSA) is 92.4 Å². The number of carboxylic acids is 1. The summed E-state index contributed by atoms with van der Waals surface area (Å²) in [4.78, 5) is 23.6. The number of hydrogen-bond acceptors (Lipinski definition) is 3. The molecule has 2 rings (SSSR count). The van der Waals surface area contributed by atoms with Gasteiger partial charge in [-0.3, -0.25) is 4.79 Å². The van der Waals surface area contributed by atoms with E-state index in [1.807, 2.05) is 0 Å². The minimum atomic E-state index is -1.24. The van der Waals surface area contributed by atoms with Gasteiger partial charge in [-0.2, -0.15) is 0 Å². The molecule has 0 bridgehead atoms. The summed E-state index contributed by atoms with van der Waals surface area (Å²) in [6, 6.07) is 3.69. The van der Waals surface area contributed by atoms with E-state index in [9.17, 15) is 19.1 Å². The largest absolute Gasteiger partial charge is 0.480 e. The first kappa shape index (κ1) is 14.3. The highest BCUT2D eigenvalue weighted by Crippen LogP contribution is 2.29. The summed E-state index contributed by atoms with van der Waals surface area (Å²) in [5.41, 5.74) is 4.13. The zero-order chi connectivity index (χ0) is 14.8. The molecule has 6 heteroatoms. The number of nitrogens with two attached hydrogens (primary N) is 1. The molecule has 20 heavy (non-hydrogen) atoms. The van der Waals surface area contributed by atoms with Crippen LogP contribution in [0.1, 0.15) is 42.5 Å². The van der Waals surface area contributed by atoms with Crippen molar-refractivity contribution >= 4 is 17.6 Å². The van der Waals surface area contributed by atoms with Crippen molar-refractivity contribution in [1.29, 1.82) is 0 Å². The smallest absolute Gasteiger partial charge is 0.329 e. The monoisotopic (exact) mass is 280 g/mol. The predicted molar refractivity (Wildman–Crippen MR) is 71.7 cm³/mol. The second-order valence-electron chi connectivity index (χ2n) is 5.14. The SMILES string of the molecule is Nc1ccc(C(=O)NC2(C(=O)O)CCCCC2)cc1F. The number of halogens is 1. The van der Waals surface area contributed by atoms with Gasteiger partial charge in [0.25, 0.3) is 5.91 Å². The van der Waals surface area contributed by atoms with E-state index in [1.165, 1.54) is 12.1 Å². The van der Waals surface area contributed by atoms with Gasteiger partial charge in [-0.1, -0.05) is 19.3 Å². The summed E-state index contributed by atoms with van der Waals surface area (Å²) in [6.07, 6.45) is 3.25. The van der Waals surface area contributed by atoms with E-state index >= 15 is 0 Å². The molecule has 0 saturated heterocycles. The molecule has 0 atom stereocenters. The van der Waals surface area contributed by atoms with Gasteiger partial charge < -0.3 is 16.2 Å². The number of rotatable bonds is 3. The molecule has 1 aliphatic carbocycles. The molecule has 0 radical (unpaired) electrons. The molecular formula is C14H17FN2O3. The van der Waals surface area contributed by atoms with Gasteiger partial charge in [-0.05, 0) is 31.0 Å². The average molecular weight is 280 g/mol. The van der Waals surface area contributed by atoms with Crippen molar-refractivity contribution in [3.63, 3.8) is 0 Å². The van der Waals surface area contributed by atoms with Crippen LogP contribution in [0, 0.1) is 5.82 Å². The lowest BCUT2D eigenvalue weighted by molar-refractivity contribution is -0.145. The van der Waals surface area contributed by atoms with Crippen LogP contribution in [0.15, 0.2) is 18.2 Å². The highest BCUT2D eigenvalue weighted by atomic mass is 19.1. The summed E-state index contributed by atoms with van der Waals surface area (Å²) in [5, 5.41) is 11.9. The maximum absolute atomic E-state index is 13.4. The van der Waals surface area contributed by atoms with E-state index in [1.54, 1.807) is 0 Å². The minimum Gasteiger partial charge on any atom is -0.480 e. The Labute approximate surface area is 116 Å². The summed E-state index contributed by atoms with van der Waals surface area (Å²) < 4.78 is 13.4. The quantitative estimate of drug-likeness (QED) is 0.737. The second kappa shape index (κ2) is 5.48. The molecule has 0 aromatic heterocycles. The van der Waals surface area contributed by atoms with E-state index in [0.29, 0.717) is 12.8 Å². The molecule has 1 aromatic rings. The first-order chi connectivity index (χ1) is 9.44. The number of carboxylic acid groups (broad SMARTS) is 1. The minimum absolute atomic E-state index is 0.0489. The molecule has 4 N–H and O–H groups in total. The van der Waals surface area contributed by atoms with Gasteiger partial charge in [0.05, 0.1) is 5.69 Å². The molecule has 1 aliphatic rings. The number of carbonyl (C=O) groups is 2. The highest BCUT2D eigenvalue weighted by molar-refractivity contribution is 5.98. The lowest BCUT2D eigenvalue weighted by Crippen LogP contribution is -2.55. The van der Waals surface area contributed by atoms with Crippen LogP contribution < -0.4 is 11.1 Å². The number of amides is 1. The summed E-state index contributed by atoms with van der Waals surface area (Å²) >= 11 is 0. The Balaban J connectivity index is 2.20. The van der Waals surface area contributed by atoms with Crippen LogP contribution in [0.5, 0.6) is 0 Å². The van der Waals surface area contributed by atoms with Crippen molar-refractivity contribution in [1.82, 2.24) is 5.32 Å². The molecule has 0 unspecified atom stereocenters. The number of nitrogen functional groups attached to an aromatic ring is 1. The van der Waals surface area contributed by atoms with Gasteiger partial charge in [0.1, 0.15) is 11.4 Å². The van der Waals surface area contributed by atoms with Crippen molar-refractivity contribution in [2.24, 2.45) is 0 Å². The van der Waals surface area contributed by atoms with Gasteiger partial charge in [0.15, 0.2) is 0 Å². The molecular weight excluding hydrogens is 263 g/mol. The molecule has 0 heterocycles. The fourth-order valence-corrected chi connectivity index (χ4v) is 2.51. The van der Waals surface area contributed by atoms with Crippen LogP contribution in [0.3, 0.4) is 0 Å².